The molecular formula is C12H11ClIN5. The minimum Gasteiger partial charge on any atom is -0.388 e. The number of hydrogen-bond donors (Lipinski definition) is 3. The predicted molar refractivity (Wildman–Crippen MR) is 86.9 cm³/mol. The third-order valence-electron chi connectivity index (χ3n) is 2.44. The molecule has 1 aromatic heterocycles. The van der Waals surface area contributed by atoms with Crippen molar-refractivity contribution in [2.24, 2.45) is 0 Å². The van der Waals surface area contributed by atoms with E-state index >= 15 is 0 Å². The summed E-state index contributed by atoms with van der Waals surface area (Å²) in [5, 5.41) is 13.8. The van der Waals surface area contributed by atoms with Crippen molar-refractivity contribution < 1.29 is 0 Å². The standard InChI is InChI=1S/C12H11ClIN5/c1-16-10-4-8(3-2-7(10)5-15)18-12-17-6-9(14)11(13)19-12/h2-6,15-16H,1H3,(H,17,18,19). The normalized spacial score (nSPS) is 10.1. The van der Waals surface area contributed by atoms with E-state index in [0.29, 0.717) is 11.1 Å². The highest BCUT2D eigenvalue weighted by molar-refractivity contribution is 14.1. The summed E-state index contributed by atoms with van der Waals surface area (Å²) in [5.74, 6) is 0.440. The first-order valence-corrected chi connectivity index (χ1v) is 6.87. The molecule has 0 spiro atoms. The number of halogens is 2. The van der Waals surface area contributed by atoms with Crippen LogP contribution in [0.15, 0.2) is 24.4 Å². The zero-order valence-electron chi connectivity index (χ0n) is 10.0. The van der Waals surface area contributed by atoms with E-state index < -0.39 is 0 Å². The highest BCUT2D eigenvalue weighted by atomic mass is 127. The van der Waals surface area contributed by atoms with Crippen LogP contribution in [0.3, 0.4) is 0 Å². The summed E-state index contributed by atoms with van der Waals surface area (Å²) in [4.78, 5) is 8.29. The molecule has 3 N–H and O–H groups in total. The molecule has 7 heteroatoms. The van der Waals surface area contributed by atoms with Crippen molar-refractivity contribution in [2.45, 2.75) is 0 Å². The summed E-state index contributed by atoms with van der Waals surface area (Å²) < 4.78 is 0.805. The van der Waals surface area contributed by atoms with E-state index in [2.05, 4.69) is 43.2 Å². The molecule has 98 valence electrons. The maximum absolute atomic E-state index is 7.30. The van der Waals surface area contributed by atoms with Crippen molar-refractivity contribution in [1.29, 1.82) is 5.41 Å². The molecule has 0 bridgehead atoms. The Morgan fingerprint density at radius 3 is 2.84 bits per heavy atom. The number of benzene rings is 1. The van der Waals surface area contributed by atoms with Gasteiger partial charge in [-0.05, 0) is 40.8 Å². The Morgan fingerprint density at radius 1 is 1.42 bits per heavy atom. The fraction of sp³-hybridized carbons (Fsp3) is 0.0833. The minimum atomic E-state index is 0.419. The molecule has 0 saturated heterocycles. The number of nitrogens with zero attached hydrogens (tertiary/aromatic N) is 2. The van der Waals surface area contributed by atoms with Gasteiger partial charge in [-0.15, -0.1) is 0 Å². The largest absolute Gasteiger partial charge is 0.388 e. The molecule has 0 aliphatic heterocycles. The summed E-state index contributed by atoms with van der Waals surface area (Å²) in [6.07, 6.45) is 2.96. The quantitative estimate of drug-likeness (QED) is 0.426. The van der Waals surface area contributed by atoms with Gasteiger partial charge in [-0.2, -0.15) is 4.98 Å². The molecule has 1 heterocycles. The summed E-state index contributed by atoms with van der Waals surface area (Å²) in [5.41, 5.74) is 2.50. The fourth-order valence-electron chi connectivity index (χ4n) is 1.51. The Balaban J connectivity index is 2.27. The predicted octanol–water partition coefficient (Wildman–Crippen LogP) is 3.52. The zero-order chi connectivity index (χ0) is 13.8. The lowest BCUT2D eigenvalue weighted by Gasteiger charge is -2.09. The molecule has 0 amide bonds. The lowest BCUT2D eigenvalue weighted by atomic mass is 10.1. The van der Waals surface area contributed by atoms with Crippen LogP contribution >= 0.6 is 34.2 Å². The number of nitrogens with one attached hydrogen (secondary N) is 3. The number of rotatable bonds is 4. The van der Waals surface area contributed by atoms with Gasteiger partial charge in [-0.1, -0.05) is 11.6 Å². The van der Waals surface area contributed by atoms with Gasteiger partial charge in [0.25, 0.3) is 0 Å². The number of anilines is 3. The van der Waals surface area contributed by atoms with Gasteiger partial charge in [0.05, 0.1) is 3.57 Å². The zero-order valence-corrected chi connectivity index (χ0v) is 13.0. The first kappa shape index (κ1) is 14.0. The lowest BCUT2D eigenvalue weighted by Crippen LogP contribution is -2.00. The molecule has 2 aromatic rings. The Kier molecular flexibility index (Phi) is 4.54. The average molecular weight is 388 g/mol. The smallest absolute Gasteiger partial charge is 0.228 e. The van der Waals surface area contributed by atoms with E-state index in [0.717, 1.165) is 20.5 Å². The summed E-state index contributed by atoms with van der Waals surface area (Å²) in [7, 11) is 1.81. The number of hydrogen-bond acceptors (Lipinski definition) is 5. The third-order valence-corrected chi connectivity index (χ3v) is 3.83. The number of aromatic nitrogens is 2. The van der Waals surface area contributed by atoms with Crippen LogP contribution in [0.4, 0.5) is 17.3 Å². The van der Waals surface area contributed by atoms with E-state index in [1.807, 2.05) is 25.2 Å². The van der Waals surface area contributed by atoms with Gasteiger partial charge in [0.2, 0.25) is 5.95 Å². The Bertz CT molecular complexity index is 617. The molecule has 5 nitrogen and oxygen atoms in total. The Labute approximate surface area is 129 Å². The molecular weight excluding hydrogens is 377 g/mol. The van der Waals surface area contributed by atoms with Gasteiger partial charge in [0.1, 0.15) is 5.15 Å². The van der Waals surface area contributed by atoms with Crippen LogP contribution < -0.4 is 10.6 Å². The van der Waals surface area contributed by atoms with E-state index in [1.165, 1.54) is 6.21 Å². The van der Waals surface area contributed by atoms with Crippen LogP contribution in [0, 0.1) is 8.98 Å². The first-order valence-electron chi connectivity index (χ1n) is 5.41. The molecule has 0 atom stereocenters. The van der Waals surface area contributed by atoms with E-state index in [4.69, 9.17) is 17.0 Å². The van der Waals surface area contributed by atoms with Crippen molar-refractivity contribution in [3.05, 3.63) is 38.7 Å². The molecule has 0 unspecified atom stereocenters. The first-order chi connectivity index (χ1) is 9.13. The van der Waals surface area contributed by atoms with Gasteiger partial charge >= 0.3 is 0 Å². The maximum atomic E-state index is 7.30. The second kappa shape index (κ2) is 6.16. The van der Waals surface area contributed by atoms with E-state index in [-0.39, 0.29) is 0 Å². The van der Waals surface area contributed by atoms with Crippen LogP contribution in [0.25, 0.3) is 0 Å². The van der Waals surface area contributed by atoms with Gasteiger partial charge < -0.3 is 16.0 Å². The molecule has 0 saturated carbocycles. The third kappa shape index (κ3) is 3.32. The SMILES string of the molecule is CNc1cc(Nc2ncc(I)c(Cl)n2)ccc1C=N. The van der Waals surface area contributed by atoms with E-state index in [9.17, 15) is 0 Å². The molecule has 0 fully saturated rings. The topological polar surface area (TPSA) is 73.7 Å². The Hall–Kier alpha value is -1.41. The molecule has 2 rings (SSSR count). The second-order valence-electron chi connectivity index (χ2n) is 3.65. The van der Waals surface area contributed by atoms with Gasteiger partial charge in [-0.3, -0.25) is 0 Å². The highest BCUT2D eigenvalue weighted by Gasteiger charge is 2.05. The van der Waals surface area contributed by atoms with Crippen LogP contribution in [0.2, 0.25) is 5.15 Å². The lowest BCUT2D eigenvalue weighted by molar-refractivity contribution is 1.15. The monoisotopic (exact) mass is 387 g/mol. The summed E-state index contributed by atoms with van der Waals surface area (Å²) in [6.45, 7) is 0. The van der Waals surface area contributed by atoms with Crippen molar-refractivity contribution in [1.82, 2.24) is 9.97 Å². The summed E-state index contributed by atoms with van der Waals surface area (Å²) in [6, 6.07) is 5.58. The van der Waals surface area contributed by atoms with Crippen molar-refractivity contribution in [3.8, 4) is 0 Å². The van der Waals surface area contributed by atoms with Gasteiger partial charge in [-0.25, -0.2) is 4.98 Å². The van der Waals surface area contributed by atoms with E-state index in [1.54, 1.807) is 6.20 Å². The van der Waals surface area contributed by atoms with Crippen LogP contribution in [0.5, 0.6) is 0 Å². The fourth-order valence-corrected chi connectivity index (χ4v) is 1.90. The van der Waals surface area contributed by atoms with Crippen molar-refractivity contribution >= 4 is 57.7 Å². The van der Waals surface area contributed by atoms with Crippen molar-refractivity contribution in [3.63, 3.8) is 0 Å². The molecule has 19 heavy (non-hydrogen) atoms. The van der Waals surface area contributed by atoms with Gasteiger partial charge in [0.15, 0.2) is 0 Å². The molecule has 0 aliphatic carbocycles. The van der Waals surface area contributed by atoms with Crippen LogP contribution in [-0.2, 0) is 0 Å². The average Bonchev–Trinajstić information content (AvgIpc) is 2.43. The summed E-state index contributed by atoms with van der Waals surface area (Å²) >= 11 is 8.02. The second-order valence-corrected chi connectivity index (χ2v) is 5.17. The Morgan fingerprint density at radius 2 is 2.21 bits per heavy atom. The minimum absolute atomic E-state index is 0.419. The molecule has 0 aliphatic rings. The van der Waals surface area contributed by atoms with Gasteiger partial charge in [0, 0.05) is 36.4 Å². The maximum Gasteiger partial charge on any atom is 0.228 e. The van der Waals surface area contributed by atoms with Crippen LogP contribution in [-0.4, -0.2) is 23.2 Å². The molecule has 0 radical (unpaired) electrons. The molecule has 1 aromatic carbocycles. The van der Waals surface area contributed by atoms with Crippen LogP contribution in [0.1, 0.15) is 5.56 Å². The van der Waals surface area contributed by atoms with Crippen molar-refractivity contribution in [2.75, 3.05) is 17.7 Å². The highest BCUT2D eigenvalue weighted by Crippen LogP contribution is 2.22.